The second-order valence-electron chi connectivity index (χ2n) is 2.38. The Bertz CT molecular complexity index is 433. The molecule has 1 aromatic carbocycles. The number of rotatable bonds is 1. The average Bonchev–Trinajstić information content (AvgIpc) is 2.49. The summed E-state index contributed by atoms with van der Waals surface area (Å²) in [7, 11) is 0. The van der Waals surface area contributed by atoms with E-state index in [0.29, 0.717) is 5.89 Å². The molecule has 0 aliphatic heterocycles. The molecule has 1 aromatic heterocycles. The van der Waals surface area contributed by atoms with E-state index in [0.717, 1.165) is 16.0 Å². The first-order valence-corrected chi connectivity index (χ1v) is 3.97. The van der Waals surface area contributed by atoms with Gasteiger partial charge in [0.05, 0.1) is 0 Å². The number of nitrogens with zero attached hydrogens (tertiary/aromatic N) is 1. The molecule has 12 heavy (non-hydrogen) atoms. The summed E-state index contributed by atoms with van der Waals surface area (Å²) in [6, 6.07) is 5.61. The summed E-state index contributed by atoms with van der Waals surface area (Å²) in [5.41, 5.74) is 1.54. The van der Waals surface area contributed by atoms with E-state index in [4.69, 9.17) is 4.42 Å². The lowest BCUT2D eigenvalue weighted by Gasteiger charge is -1.87. The maximum Gasteiger partial charge on any atom is 0.219 e. The number of hydrogen-bond donors (Lipinski definition) is 1. The Labute approximate surface area is 75.3 Å². The van der Waals surface area contributed by atoms with E-state index in [1.165, 1.54) is 0 Å². The van der Waals surface area contributed by atoms with Crippen molar-refractivity contribution in [1.82, 2.24) is 4.98 Å². The van der Waals surface area contributed by atoms with Crippen LogP contribution in [0.2, 0.25) is 0 Å². The van der Waals surface area contributed by atoms with Crippen molar-refractivity contribution in [2.24, 2.45) is 0 Å². The van der Waals surface area contributed by atoms with Crippen molar-refractivity contribution in [2.45, 2.75) is 4.90 Å². The van der Waals surface area contributed by atoms with Gasteiger partial charge in [0.15, 0.2) is 5.58 Å². The van der Waals surface area contributed by atoms with Crippen molar-refractivity contribution >= 4 is 29.8 Å². The normalized spacial score (nSPS) is 10.4. The lowest BCUT2D eigenvalue weighted by molar-refractivity contribution is 0.589. The zero-order valence-corrected chi connectivity index (χ0v) is 7.21. The third kappa shape index (κ3) is 1.02. The molecular weight excluding hydrogens is 170 g/mol. The van der Waals surface area contributed by atoms with Crippen molar-refractivity contribution in [3.63, 3.8) is 0 Å². The SMILES string of the molecule is C=Cc1nc2c(S)cccc2o1. The predicted octanol–water partition coefficient (Wildman–Crippen LogP) is 2.76. The van der Waals surface area contributed by atoms with Crippen LogP contribution in [0.3, 0.4) is 0 Å². The highest BCUT2D eigenvalue weighted by molar-refractivity contribution is 7.80. The van der Waals surface area contributed by atoms with Gasteiger partial charge >= 0.3 is 0 Å². The van der Waals surface area contributed by atoms with Gasteiger partial charge in [-0.2, -0.15) is 0 Å². The molecule has 0 N–H and O–H groups in total. The van der Waals surface area contributed by atoms with Crippen LogP contribution in [0.5, 0.6) is 0 Å². The Morgan fingerprint density at radius 2 is 2.33 bits per heavy atom. The van der Waals surface area contributed by atoms with Crippen molar-refractivity contribution in [3.8, 4) is 0 Å². The Balaban J connectivity index is 2.82. The van der Waals surface area contributed by atoms with Crippen LogP contribution < -0.4 is 0 Å². The van der Waals surface area contributed by atoms with Crippen LogP contribution >= 0.6 is 12.6 Å². The standard InChI is InChI=1S/C9H7NOS/c1-2-8-10-9-6(11-8)4-3-5-7(9)12/h2-5,12H,1H2. The molecule has 0 fully saturated rings. The highest BCUT2D eigenvalue weighted by Crippen LogP contribution is 2.22. The minimum absolute atomic E-state index is 0.534. The molecular formula is C9H7NOS. The van der Waals surface area contributed by atoms with Crippen LogP contribution in [0.15, 0.2) is 34.1 Å². The fourth-order valence-corrected chi connectivity index (χ4v) is 1.28. The third-order valence-electron chi connectivity index (χ3n) is 1.59. The number of benzene rings is 1. The number of oxazole rings is 1. The van der Waals surface area contributed by atoms with Gasteiger partial charge in [-0.05, 0) is 18.2 Å². The summed E-state index contributed by atoms with van der Waals surface area (Å²) in [6.07, 6.45) is 1.58. The first-order valence-electron chi connectivity index (χ1n) is 3.52. The molecule has 3 heteroatoms. The van der Waals surface area contributed by atoms with Gasteiger partial charge in [0.25, 0.3) is 0 Å². The van der Waals surface area contributed by atoms with Gasteiger partial charge in [-0.1, -0.05) is 12.6 Å². The van der Waals surface area contributed by atoms with E-state index in [1.807, 2.05) is 18.2 Å². The first-order chi connectivity index (χ1) is 5.81. The molecule has 0 atom stereocenters. The maximum absolute atomic E-state index is 5.32. The Morgan fingerprint density at radius 3 is 3.00 bits per heavy atom. The van der Waals surface area contributed by atoms with E-state index in [1.54, 1.807) is 6.08 Å². The van der Waals surface area contributed by atoms with E-state index >= 15 is 0 Å². The molecule has 0 saturated heterocycles. The van der Waals surface area contributed by atoms with E-state index in [-0.39, 0.29) is 0 Å². The number of fused-ring (bicyclic) bond motifs is 1. The molecule has 0 radical (unpaired) electrons. The van der Waals surface area contributed by atoms with Gasteiger partial charge in [-0.15, -0.1) is 12.6 Å². The Morgan fingerprint density at radius 1 is 1.50 bits per heavy atom. The third-order valence-corrected chi connectivity index (χ3v) is 1.95. The predicted molar refractivity (Wildman–Crippen MR) is 51.4 cm³/mol. The van der Waals surface area contributed by atoms with Crippen LogP contribution in [-0.4, -0.2) is 4.98 Å². The zero-order valence-electron chi connectivity index (χ0n) is 6.32. The summed E-state index contributed by atoms with van der Waals surface area (Å²) >= 11 is 4.25. The number of hydrogen-bond acceptors (Lipinski definition) is 3. The van der Waals surface area contributed by atoms with Crippen LogP contribution in [0.4, 0.5) is 0 Å². The van der Waals surface area contributed by atoms with Crippen LogP contribution in [0, 0.1) is 0 Å². The average molecular weight is 177 g/mol. The first kappa shape index (κ1) is 7.43. The van der Waals surface area contributed by atoms with Crippen LogP contribution in [0.1, 0.15) is 5.89 Å². The molecule has 1 heterocycles. The summed E-state index contributed by atoms with van der Waals surface area (Å²) in [5, 5.41) is 0. The molecule has 0 aliphatic carbocycles. The van der Waals surface area contributed by atoms with Crippen molar-refractivity contribution < 1.29 is 4.42 Å². The van der Waals surface area contributed by atoms with Gasteiger partial charge in [-0.3, -0.25) is 0 Å². The van der Waals surface area contributed by atoms with Gasteiger partial charge in [0.2, 0.25) is 5.89 Å². The smallest absolute Gasteiger partial charge is 0.219 e. The minimum Gasteiger partial charge on any atom is -0.437 e. The second kappa shape index (κ2) is 2.68. The molecule has 2 aromatic rings. The lowest BCUT2D eigenvalue weighted by Crippen LogP contribution is -1.70. The van der Waals surface area contributed by atoms with Gasteiger partial charge in [0, 0.05) is 4.90 Å². The minimum atomic E-state index is 0.534. The van der Waals surface area contributed by atoms with E-state index in [9.17, 15) is 0 Å². The monoisotopic (exact) mass is 177 g/mol. The highest BCUT2D eigenvalue weighted by atomic mass is 32.1. The molecule has 0 saturated carbocycles. The quantitative estimate of drug-likeness (QED) is 0.678. The van der Waals surface area contributed by atoms with Crippen molar-refractivity contribution in [3.05, 3.63) is 30.7 Å². The van der Waals surface area contributed by atoms with Crippen molar-refractivity contribution in [1.29, 1.82) is 0 Å². The molecule has 0 bridgehead atoms. The highest BCUT2D eigenvalue weighted by Gasteiger charge is 2.03. The lowest BCUT2D eigenvalue weighted by atomic mass is 10.3. The molecule has 0 aliphatic rings. The van der Waals surface area contributed by atoms with Gasteiger partial charge in [-0.25, -0.2) is 4.98 Å². The zero-order chi connectivity index (χ0) is 8.55. The molecule has 0 amide bonds. The van der Waals surface area contributed by atoms with Gasteiger partial charge < -0.3 is 4.42 Å². The van der Waals surface area contributed by atoms with Crippen molar-refractivity contribution in [2.75, 3.05) is 0 Å². The van der Waals surface area contributed by atoms with Crippen LogP contribution in [-0.2, 0) is 0 Å². The topological polar surface area (TPSA) is 26.0 Å². The molecule has 0 spiro atoms. The Hall–Kier alpha value is -1.22. The van der Waals surface area contributed by atoms with E-state index < -0.39 is 0 Å². The summed E-state index contributed by atoms with van der Waals surface area (Å²) in [6.45, 7) is 3.57. The molecule has 60 valence electrons. The largest absolute Gasteiger partial charge is 0.437 e. The van der Waals surface area contributed by atoms with Crippen LogP contribution in [0.25, 0.3) is 17.2 Å². The van der Waals surface area contributed by atoms with Gasteiger partial charge in [0.1, 0.15) is 5.52 Å². The summed E-state index contributed by atoms with van der Waals surface area (Å²) in [4.78, 5) is 4.99. The number of para-hydroxylation sites is 1. The fourth-order valence-electron chi connectivity index (χ4n) is 1.04. The fraction of sp³-hybridized carbons (Fsp3) is 0. The molecule has 0 unspecified atom stereocenters. The van der Waals surface area contributed by atoms with E-state index in [2.05, 4.69) is 24.2 Å². The maximum atomic E-state index is 5.32. The number of aromatic nitrogens is 1. The number of thiol groups is 1. The molecule has 2 rings (SSSR count). The molecule has 2 nitrogen and oxygen atoms in total. The second-order valence-corrected chi connectivity index (χ2v) is 2.86. The Kier molecular flexibility index (Phi) is 1.66. The summed E-state index contributed by atoms with van der Waals surface area (Å²) < 4.78 is 5.32. The summed E-state index contributed by atoms with van der Waals surface area (Å²) in [5.74, 6) is 0.534.